The Morgan fingerprint density at radius 2 is 1.34 bits per heavy atom. The number of nitrogens with one attached hydrogen (secondary N) is 1. The molecule has 162 valence electrons. The van der Waals surface area contributed by atoms with E-state index in [1.165, 1.54) is 10.5 Å². The normalized spacial score (nSPS) is 11.4. The molecule has 0 aliphatic heterocycles. The Bertz CT molecular complexity index is 1180. The molecule has 0 atom stereocenters. The van der Waals surface area contributed by atoms with Crippen LogP contribution < -0.4 is 5.32 Å². The van der Waals surface area contributed by atoms with E-state index in [0.717, 1.165) is 16.7 Å². The van der Waals surface area contributed by atoms with Crippen LogP contribution in [0.25, 0.3) is 0 Å². The predicted molar refractivity (Wildman–Crippen MR) is 125 cm³/mol. The number of aromatic nitrogens is 2. The van der Waals surface area contributed by atoms with Crippen LogP contribution >= 0.6 is 0 Å². The van der Waals surface area contributed by atoms with Crippen LogP contribution in [0.15, 0.2) is 108 Å². The first-order chi connectivity index (χ1) is 15.6. The Balaban J connectivity index is 1.54. The van der Waals surface area contributed by atoms with Crippen LogP contribution in [-0.4, -0.2) is 22.7 Å². The minimum absolute atomic E-state index is 0.163. The van der Waals surface area contributed by atoms with Gasteiger partial charge in [0, 0.05) is 38.2 Å². The highest BCUT2D eigenvalue weighted by molar-refractivity contribution is 7.89. The van der Waals surface area contributed by atoms with Crippen molar-refractivity contribution >= 4 is 15.8 Å². The lowest BCUT2D eigenvalue weighted by Crippen LogP contribution is -2.30. The summed E-state index contributed by atoms with van der Waals surface area (Å²) in [4.78, 5) is 8.57. The Morgan fingerprint density at radius 3 is 1.88 bits per heavy atom. The van der Waals surface area contributed by atoms with Crippen molar-refractivity contribution in [1.29, 1.82) is 0 Å². The fourth-order valence-electron chi connectivity index (χ4n) is 3.28. The summed E-state index contributed by atoms with van der Waals surface area (Å²) in [5.74, 6) is 0.602. The number of nitrogens with zero attached hydrogens (tertiary/aromatic N) is 3. The molecule has 0 saturated heterocycles. The van der Waals surface area contributed by atoms with E-state index >= 15 is 0 Å². The van der Waals surface area contributed by atoms with Gasteiger partial charge in [-0.2, -0.15) is 4.31 Å². The fourth-order valence-corrected chi connectivity index (χ4v) is 4.64. The zero-order chi connectivity index (χ0) is 22.2. The highest BCUT2D eigenvalue weighted by Gasteiger charge is 2.25. The van der Waals surface area contributed by atoms with Gasteiger partial charge < -0.3 is 5.32 Å². The quantitative estimate of drug-likeness (QED) is 0.412. The molecule has 2 aromatic heterocycles. The molecule has 0 aliphatic rings. The van der Waals surface area contributed by atoms with E-state index in [4.69, 9.17) is 0 Å². The summed E-state index contributed by atoms with van der Waals surface area (Å²) >= 11 is 0. The highest BCUT2D eigenvalue weighted by atomic mass is 32.2. The lowest BCUT2D eigenvalue weighted by atomic mass is 10.2. The van der Waals surface area contributed by atoms with Crippen LogP contribution in [-0.2, 0) is 29.7 Å². The number of hydrogen-bond donors (Lipinski definition) is 1. The average molecular weight is 445 g/mol. The lowest BCUT2D eigenvalue weighted by Gasteiger charge is -2.22. The molecule has 1 N–H and O–H groups in total. The van der Waals surface area contributed by atoms with Gasteiger partial charge in [0.1, 0.15) is 10.7 Å². The largest absolute Gasteiger partial charge is 0.366 e. The van der Waals surface area contributed by atoms with E-state index in [2.05, 4.69) is 15.3 Å². The van der Waals surface area contributed by atoms with Crippen molar-refractivity contribution in [3.05, 3.63) is 120 Å². The lowest BCUT2D eigenvalue weighted by molar-refractivity contribution is 0.401. The van der Waals surface area contributed by atoms with Gasteiger partial charge in [0.2, 0.25) is 10.0 Å². The monoisotopic (exact) mass is 444 g/mol. The number of rotatable bonds is 9. The highest BCUT2D eigenvalue weighted by Crippen LogP contribution is 2.22. The molecule has 0 spiro atoms. The van der Waals surface area contributed by atoms with Gasteiger partial charge in [-0.25, -0.2) is 13.4 Å². The zero-order valence-electron chi connectivity index (χ0n) is 17.5. The molecular weight excluding hydrogens is 420 g/mol. The van der Waals surface area contributed by atoms with Crippen molar-refractivity contribution < 1.29 is 8.42 Å². The van der Waals surface area contributed by atoms with Gasteiger partial charge in [0.05, 0.1) is 0 Å². The van der Waals surface area contributed by atoms with Crippen molar-refractivity contribution in [2.24, 2.45) is 0 Å². The maximum Gasteiger partial charge on any atom is 0.245 e. The molecule has 2 heterocycles. The minimum atomic E-state index is -3.75. The maximum atomic E-state index is 13.5. The van der Waals surface area contributed by atoms with Crippen LogP contribution in [0, 0.1) is 0 Å². The van der Waals surface area contributed by atoms with Gasteiger partial charge in [0.25, 0.3) is 0 Å². The summed E-state index contributed by atoms with van der Waals surface area (Å²) in [6.07, 6.45) is 4.90. The third kappa shape index (κ3) is 5.57. The molecule has 0 aliphatic carbocycles. The summed E-state index contributed by atoms with van der Waals surface area (Å²) < 4.78 is 28.5. The standard InChI is InChI=1S/C25H24N4O2S/c30-32(31,24-13-14-25(28-18-24)27-17-23-12-7-15-26-16-23)29(19-21-8-3-1-4-9-21)20-22-10-5-2-6-11-22/h1-16,18H,17,19-20H2,(H,27,28). The van der Waals surface area contributed by atoms with Gasteiger partial charge in [-0.15, -0.1) is 0 Å². The third-order valence-electron chi connectivity index (χ3n) is 4.97. The van der Waals surface area contributed by atoms with Crippen LogP contribution in [0.2, 0.25) is 0 Å². The zero-order valence-corrected chi connectivity index (χ0v) is 18.3. The molecule has 4 rings (SSSR count). The molecule has 4 aromatic rings. The Kier molecular flexibility index (Phi) is 6.89. The first-order valence-corrected chi connectivity index (χ1v) is 11.7. The smallest absolute Gasteiger partial charge is 0.245 e. The van der Waals surface area contributed by atoms with E-state index in [1.54, 1.807) is 24.5 Å². The van der Waals surface area contributed by atoms with Gasteiger partial charge in [-0.1, -0.05) is 66.7 Å². The first-order valence-electron chi connectivity index (χ1n) is 10.3. The molecular formula is C25H24N4O2S. The van der Waals surface area contributed by atoms with Crippen molar-refractivity contribution in [1.82, 2.24) is 14.3 Å². The van der Waals surface area contributed by atoms with Crippen molar-refractivity contribution in [3.8, 4) is 0 Å². The van der Waals surface area contributed by atoms with E-state index in [9.17, 15) is 8.42 Å². The van der Waals surface area contributed by atoms with Crippen LogP contribution in [0.5, 0.6) is 0 Å². The van der Waals surface area contributed by atoms with E-state index in [0.29, 0.717) is 12.4 Å². The minimum Gasteiger partial charge on any atom is -0.366 e. The molecule has 0 bridgehead atoms. The maximum absolute atomic E-state index is 13.5. The number of anilines is 1. The van der Waals surface area contributed by atoms with Crippen molar-refractivity contribution in [2.75, 3.05) is 5.32 Å². The summed E-state index contributed by atoms with van der Waals surface area (Å²) in [6.45, 7) is 1.11. The number of benzene rings is 2. The summed E-state index contributed by atoms with van der Waals surface area (Å²) in [5.41, 5.74) is 2.87. The molecule has 2 aromatic carbocycles. The van der Waals surface area contributed by atoms with Crippen LogP contribution in [0.1, 0.15) is 16.7 Å². The number of sulfonamides is 1. The van der Waals surface area contributed by atoms with Crippen LogP contribution in [0.4, 0.5) is 5.82 Å². The predicted octanol–water partition coefficient (Wildman–Crippen LogP) is 4.48. The van der Waals surface area contributed by atoms with Gasteiger partial charge in [-0.3, -0.25) is 4.98 Å². The van der Waals surface area contributed by atoms with Gasteiger partial charge in [0.15, 0.2) is 0 Å². The summed E-state index contributed by atoms with van der Waals surface area (Å²) in [6, 6.07) is 26.3. The summed E-state index contributed by atoms with van der Waals surface area (Å²) in [7, 11) is -3.75. The first kappa shape index (κ1) is 21.7. The van der Waals surface area contributed by atoms with Crippen molar-refractivity contribution in [2.45, 2.75) is 24.5 Å². The van der Waals surface area contributed by atoms with Gasteiger partial charge in [-0.05, 0) is 34.9 Å². The Labute approximate surface area is 188 Å². The fraction of sp³-hybridized carbons (Fsp3) is 0.120. The SMILES string of the molecule is O=S(=O)(c1ccc(NCc2cccnc2)nc1)N(Cc1ccccc1)Cc1ccccc1. The van der Waals surface area contributed by atoms with Gasteiger partial charge >= 0.3 is 0 Å². The van der Waals surface area contributed by atoms with Crippen LogP contribution in [0.3, 0.4) is 0 Å². The second kappa shape index (κ2) is 10.2. The summed E-state index contributed by atoms with van der Waals surface area (Å²) in [5, 5.41) is 3.19. The number of pyridine rings is 2. The molecule has 6 nitrogen and oxygen atoms in total. The van der Waals surface area contributed by atoms with E-state index in [-0.39, 0.29) is 18.0 Å². The topological polar surface area (TPSA) is 75.2 Å². The third-order valence-corrected chi connectivity index (χ3v) is 6.75. The molecule has 32 heavy (non-hydrogen) atoms. The molecule has 0 saturated carbocycles. The van der Waals surface area contributed by atoms with E-state index < -0.39 is 10.0 Å². The Morgan fingerprint density at radius 1 is 0.719 bits per heavy atom. The second-order valence-corrected chi connectivity index (χ2v) is 9.28. The van der Waals surface area contributed by atoms with Crippen molar-refractivity contribution in [3.63, 3.8) is 0 Å². The molecule has 0 fully saturated rings. The Hall–Kier alpha value is -3.55. The molecule has 0 radical (unpaired) electrons. The second-order valence-electron chi connectivity index (χ2n) is 7.34. The molecule has 0 unspecified atom stereocenters. The van der Waals surface area contributed by atoms with E-state index in [1.807, 2.05) is 72.8 Å². The molecule has 0 amide bonds. The number of hydrogen-bond acceptors (Lipinski definition) is 5. The molecule has 7 heteroatoms. The average Bonchev–Trinajstić information content (AvgIpc) is 2.84.